The summed E-state index contributed by atoms with van der Waals surface area (Å²) in [5.41, 5.74) is 4.33. The zero-order valence-electron chi connectivity index (χ0n) is 19.6. The van der Waals surface area contributed by atoms with Crippen molar-refractivity contribution in [2.24, 2.45) is 5.92 Å². The molecule has 0 spiro atoms. The minimum absolute atomic E-state index is 0.0979. The van der Waals surface area contributed by atoms with E-state index >= 15 is 0 Å². The van der Waals surface area contributed by atoms with Crippen molar-refractivity contribution in [2.45, 2.75) is 95.7 Å². The molecule has 2 heterocycles. The lowest BCUT2D eigenvalue weighted by molar-refractivity contribution is -0.128. The summed E-state index contributed by atoms with van der Waals surface area (Å²) in [6.07, 6.45) is 13.3. The highest BCUT2D eigenvalue weighted by Gasteiger charge is 2.42. The third-order valence-electron chi connectivity index (χ3n) is 8.25. The van der Waals surface area contributed by atoms with Crippen molar-refractivity contribution in [1.82, 2.24) is 14.8 Å². The molecule has 2 aliphatic carbocycles. The molecular formula is C27H39N3O. The first kappa shape index (κ1) is 21.1. The van der Waals surface area contributed by atoms with E-state index in [0.717, 1.165) is 32.2 Å². The fraction of sp³-hybridized carbons (Fsp3) is 0.667. The van der Waals surface area contributed by atoms with E-state index in [2.05, 4.69) is 60.1 Å². The van der Waals surface area contributed by atoms with E-state index in [1.165, 1.54) is 54.1 Å². The molecule has 1 aliphatic heterocycles. The summed E-state index contributed by atoms with van der Waals surface area (Å²) >= 11 is 0. The molecule has 168 valence electrons. The van der Waals surface area contributed by atoms with Gasteiger partial charge < -0.3 is 14.8 Å². The Labute approximate surface area is 187 Å². The van der Waals surface area contributed by atoms with Crippen molar-refractivity contribution in [3.63, 3.8) is 0 Å². The van der Waals surface area contributed by atoms with Gasteiger partial charge in [0.05, 0.1) is 5.92 Å². The van der Waals surface area contributed by atoms with Gasteiger partial charge in [0.2, 0.25) is 5.91 Å². The smallest absolute Gasteiger partial charge is 0.224 e. The number of hydrogen-bond donors (Lipinski definition) is 1. The standard InChI is InChI=1S/C27H39N3O/c1-18(2)30-17-19-15-25-23(22-12-9-13-24(30)26(19)22)14-20(16-29(25)3)27(31)28-21-10-7-5-4-6-8-11-21/h9,12-13,17-18,20-21,23,25H,4-8,10-11,14-16H2,1-3H3,(H,28,31)/t20-,23?,25-/m1/s1. The van der Waals surface area contributed by atoms with E-state index in [0.29, 0.717) is 30.0 Å². The van der Waals surface area contributed by atoms with Gasteiger partial charge in [0, 0.05) is 47.7 Å². The Bertz CT molecular complexity index is 937. The minimum atomic E-state index is 0.0979. The molecule has 4 heteroatoms. The maximum atomic E-state index is 13.3. The zero-order valence-corrected chi connectivity index (χ0v) is 19.6. The van der Waals surface area contributed by atoms with Crippen LogP contribution in [0.5, 0.6) is 0 Å². The van der Waals surface area contributed by atoms with Crippen LogP contribution in [0.3, 0.4) is 0 Å². The maximum absolute atomic E-state index is 13.3. The fourth-order valence-corrected chi connectivity index (χ4v) is 6.61. The van der Waals surface area contributed by atoms with E-state index in [-0.39, 0.29) is 5.92 Å². The van der Waals surface area contributed by atoms with Crippen LogP contribution < -0.4 is 5.32 Å². The van der Waals surface area contributed by atoms with Crippen molar-refractivity contribution in [3.05, 3.63) is 35.5 Å². The number of rotatable bonds is 3. The summed E-state index contributed by atoms with van der Waals surface area (Å²) in [5.74, 6) is 0.848. The first-order valence-corrected chi connectivity index (χ1v) is 12.7. The Morgan fingerprint density at radius 1 is 1.10 bits per heavy atom. The molecule has 1 amide bonds. The number of likely N-dealkylation sites (tertiary alicyclic amines) is 1. The summed E-state index contributed by atoms with van der Waals surface area (Å²) in [5, 5.41) is 4.93. The van der Waals surface area contributed by atoms with Crippen molar-refractivity contribution in [3.8, 4) is 0 Å². The molecule has 2 fully saturated rings. The summed E-state index contributed by atoms with van der Waals surface area (Å²) in [6.45, 7) is 5.42. The van der Waals surface area contributed by atoms with Gasteiger partial charge in [-0.15, -0.1) is 0 Å². The molecular weight excluding hydrogens is 382 g/mol. The first-order valence-electron chi connectivity index (χ1n) is 12.7. The molecule has 0 radical (unpaired) electrons. The number of fused-ring (bicyclic) bond motifs is 2. The quantitative estimate of drug-likeness (QED) is 0.719. The molecule has 1 saturated heterocycles. The Morgan fingerprint density at radius 3 is 2.58 bits per heavy atom. The second-order valence-corrected chi connectivity index (χ2v) is 10.7. The molecule has 0 bridgehead atoms. The van der Waals surface area contributed by atoms with Crippen LogP contribution in [0, 0.1) is 5.92 Å². The molecule has 3 aliphatic rings. The number of carbonyl (C=O) groups excluding carboxylic acids is 1. The summed E-state index contributed by atoms with van der Waals surface area (Å²) < 4.78 is 2.43. The molecule has 1 unspecified atom stereocenters. The summed E-state index contributed by atoms with van der Waals surface area (Å²) in [4.78, 5) is 15.8. The van der Waals surface area contributed by atoms with Gasteiger partial charge in [-0.1, -0.05) is 44.2 Å². The largest absolute Gasteiger partial charge is 0.353 e. The average molecular weight is 422 g/mol. The predicted octanol–water partition coefficient (Wildman–Crippen LogP) is 5.41. The second kappa shape index (κ2) is 8.61. The molecule has 1 saturated carbocycles. The van der Waals surface area contributed by atoms with Crippen molar-refractivity contribution >= 4 is 16.8 Å². The molecule has 5 rings (SSSR count). The number of aromatic nitrogens is 1. The third kappa shape index (κ3) is 3.92. The first-order chi connectivity index (χ1) is 15.0. The molecule has 2 aromatic rings. The number of hydrogen-bond acceptors (Lipinski definition) is 2. The van der Waals surface area contributed by atoms with Crippen LogP contribution in [0.1, 0.15) is 88.3 Å². The van der Waals surface area contributed by atoms with Crippen molar-refractivity contribution in [1.29, 1.82) is 0 Å². The SMILES string of the molecule is CC(C)n1cc2c3c(cccc31)C1C[C@@H](C(=O)NC3CCCCCCC3)CN(C)[C@@H]1C2. The van der Waals surface area contributed by atoms with Crippen molar-refractivity contribution < 1.29 is 4.79 Å². The molecule has 31 heavy (non-hydrogen) atoms. The Balaban J connectivity index is 1.38. The van der Waals surface area contributed by atoms with E-state index in [1.54, 1.807) is 0 Å². The molecule has 1 aromatic heterocycles. The Morgan fingerprint density at radius 2 is 1.84 bits per heavy atom. The van der Waals surface area contributed by atoms with Crippen molar-refractivity contribution in [2.75, 3.05) is 13.6 Å². The topological polar surface area (TPSA) is 37.3 Å². The van der Waals surface area contributed by atoms with Gasteiger partial charge in [0.1, 0.15) is 0 Å². The number of amides is 1. The Kier molecular flexibility index (Phi) is 5.85. The number of piperidine rings is 1. The fourth-order valence-electron chi connectivity index (χ4n) is 6.61. The zero-order chi connectivity index (χ0) is 21.5. The van der Waals surface area contributed by atoms with Gasteiger partial charge in [-0.2, -0.15) is 0 Å². The van der Waals surface area contributed by atoms with E-state index < -0.39 is 0 Å². The number of benzene rings is 1. The third-order valence-corrected chi connectivity index (χ3v) is 8.25. The van der Waals surface area contributed by atoms with Crippen LogP contribution in [0.15, 0.2) is 24.4 Å². The maximum Gasteiger partial charge on any atom is 0.224 e. The van der Waals surface area contributed by atoms with Crippen LogP contribution in [-0.2, 0) is 11.2 Å². The lowest BCUT2D eigenvalue weighted by Crippen LogP contribution is -2.52. The monoisotopic (exact) mass is 421 g/mol. The highest BCUT2D eigenvalue weighted by Crippen LogP contribution is 2.45. The Hall–Kier alpha value is -1.81. The molecule has 4 nitrogen and oxygen atoms in total. The van der Waals surface area contributed by atoms with Crippen LogP contribution >= 0.6 is 0 Å². The second-order valence-electron chi connectivity index (χ2n) is 10.7. The summed E-state index contributed by atoms with van der Waals surface area (Å²) in [6, 6.07) is 8.18. The summed E-state index contributed by atoms with van der Waals surface area (Å²) in [7, 11) is 2.23. The normalized spacial score (nSPS) is 27.7. The number of nitrogens with zero attached hydrogens (tertiary/aromatic N) is 2. The van der Waals surface area contributed by atoms with Gasteiger partial charge in [-0.05, 0) is 63.8 Å². The van der Waals surface area contributed by atoms with Crippen LogP contribution in [-0.4, -0.2) is 41.1 Å². The molecule has 3 atom stereocenters. The lowest BCUT2D eigenvalue weighted by Gasteiger charge is -2.45. The molecule has 1 N–H and O–H groups in total. The minimum Gasteiger partial charge on any atom is -0.353 e. The van der Waals surface area contributed by atoms with E-state index in [9.17, 15) is 4.79 Å². The van der Waals surface area contributed by atoms with Crippen LogP contribution in [0.4, 0.5) is 0 Å². The molecule has 1 aromatic carbocycles. The number of likely N-dealkylation sites (N-methyl/N-ethyl adjacent to an activating group) is 1. The van der Waals surface area contributed by atoms with Gasteiger partial charge in [-0.3, -0.25) is 4.79 Å². The lowest BCUT2D eigenvalue weighted by atomic mass is 9.72. The number of nitrogens with one attached hydrogen (secondary N) is 1. The van der Waals surface area contributed by atoms with Gasteiger partial charge in [0.15, 0.2) is 0 Å². The predicted molar refractivity (Wildman–Crippen MR) is 128 cm³/mol. The van der Waals surface area contributed by atoms with E-state index in [4.69, 9.17) is 0 Å². The highest BCUT2D eigenvalue weighted by molar-refractivity contribution is 5.89. The highest BCUT2D eigenvalue weighted by atomic mass is 16.2. The van der Waals surface area contributed by atoms with Gasteiger partial charge >= 0.3 is 0 Å². The van der Waals surface area contributed by atoms with Gasteiger partial charge in [-0.25, -0.2) is 0 Å². The van der Waals surface area contributed by atoms with Crippen LogP contribution in [0.25, 0.3) is 10.9 Å². The number of carbonyl (C=O) groups is 1. The van der Waals surface area contributed by atoms with Gasteiger partial charge in [0.25, 0.3) is 0 Å². The van der Waals surface area contributed by atoms with E-state index in [1.807, 2.05) is 0 Å². The average Bonchev–Trinajstić information content (AvgIpc) is 3.11. The van der Waals surface area contributed by atoms with Crippen LogP contribution in [0.2, 0.25) is 0 Å².